The molecular weight excluding hydrogens is 362 g/mol. The highest BCUT2D eigenvalue weighted by atomic mass is 16.5. The van der Waals surface area contributed by atoms with Crippen LogP contribution in [0.3, 0.4) is 0 Å². The Morgan fingerprint density at radius 2 is 1.59 bits per heavy atom. The number of para-hydroxylation sites is 2. The first-order valence-electron chi connectivity index (χ1n) is 9.69. The summed E-state index contributed by atoms with van der Waals surface area (Å²) in [5.41, 5.74) is 3.48. The SMILES string of the molecule is Cc1cccc(CC(=O)c2ccccc2NC(=O)c2ccccc2OC(C)C)c1. The molecule has 0 aliphatic heterocycles. The van der Waals surface area contributed by atoms with Gasteiger partial charge >= 0.3 is 0 Å². The van der Waals surface area contributed by atoms with Gasteiger partial charge in [-0.15, -0.1) is 0 Å². The summed E-state index contributed by atoms with van der Waals surface area (Å²) in [5, 5.41) is 2.88. The molecule has 0 unspecified atom stereocenters. The molecule has 3 rings (SSSR count). The second-order valence-electron chi connectivity index (χ2n) is 7.25. The van der Waals surface area contributed by atoms with Crippen molar-refractivity contribution in [3.8, 4) is 5.75 Å². The molecule has 0 spiro atoms. The van der Waals surface area contributed by atoms with E-state index in [1.54, 1.807) is 42.5 Å². The number of nitrogens with one attached hydrogen (secondary N) is 1. The Bertz CT molecular complexity index is 1020. The van der Waals surface area contributed by atoms with Gasteiger partial charge in [0.1, 0.15) is 5.75 Å². The lowest BCUT2D eigenvalue weighted by atomic mass is 10.00. The van der Waals surface area contributed by atoms with Crippen LogP contribution in [0.5, 0.6) is 5.75 Å². The quantitative estimate of drug-likeness (QED) is 0.548. The maximum absolute atomic E-state index is 12.9. The summed E-state index contributed by atoms with van der Waals surface area (Å²) in [7, 11) is 0. The fourth-order valence-electron chi connectivity index (χ4n) is 3.14. The number of benzene rings is 3. The highest BCUT2D eigenvalue weighted by molar-refractivity contribution is 6.10. The lowest BCUT2D eigenvalue weighted by Crippen LogP contribution is -2.17. The monoisotopic (exact) mass is 387 g/mol. The largest absolute Gasteiger partial charge is 0.490 e. The molecule has 3 aromatic rings. The van der Waals surface area contributed by atoms with Crippen LogP contribution in [0.4, 0.5) is 5.69 Å². The molecule has 0 fully saturated rings. The third-order valence-corrected chi connectivity index (χ3v) is 4.42. The van der Waals surface area contributed by atoms with Crippen molar-refractivity contribution in [3.05, 3.63) is 95.1 Å². The van der Waals surface area contributed by atoms with Crippen LogP contribution in [0.15, 0.2) is 72.8 Å². The molecule has 0 aliphatic rings. The number of ether oxygens (including phenoxy) is 1. The predicted molar refractivity (Wildman–Crippen MR) is 116 cm³/mol. The number of aryl methyl sites for hydroxylation is 1. The lowest BCUT2D eigenvalue weighted by molar-refractivity contribution is 0.0994. The summed E-state index contributed by atoms with van der Waals surface area (Å²) in [6, 6.07) is 22.1. The van der Waals surface area contributed by atoms with Gasteiger partial charge in [-0.25, -0.2) is 0 Å². The summed E-state index contributed by atoms with van der Waals surface area (Å²) < 4.78 is 5.74. The Morgan fingerprint density at radius 3 is 2.31 bits per heavy atom. The van der Waals surface area contributed by atoms with Crippen LogP contribution in [0.2, 0.25) is 0 Å². The number of hydrogen-bond donors (Lipinski definition) is 1. The van der Waals surface area contributed by atoms with Crippen LogP contribution in [0.1, 0.15) is 45.7 Å². The molecule has 0 saturated heterocycles. The summed E-state index contributed by atoms with van der Waals surface area (Å²) >= 11 is 0. The van der Waals surface area contributed by atoms with E-state index in [1.165, 1.54) is 0 Å². The van der Waals surface area contributed by atoms with Crippen LogP contribution < -0.4 is 10.1 Å². The second kappa shape index (κ2) is 9.20. The van der Waals surface area contributed by atoms with Gasteiger partial charge in [0.2, 0.25) is 0 Å². The van der Waals surface area contributed by atoms with E-state index >= 15 is 0 Å². The zero-order valence-electron chi connectivity index (χ0n) is 16.9. The van der Waals surface area contributed by atoms with Gasteiger partial charge in [0, 0.05) is 12.0 Å². The van der Waals surface area contributed by atoms with E-state index in [0.29, 0.717) is 22.6 Å². The number of amides is 1. The first kappa shape index (κ1) is 20.3. The molecule has 0 bridgehead atoms. The molecule has 4 heteroatoms. The zero-order chi connectivity index (χ0) is 20.8. The molecule has 0 heterocycles. The minimum atomic E-state index is -0.308. The molecule has 1 N–H and O–H groups in total. The molecule has 0 radical (unpaired) electrons. The van der Waals surface area contributed by atoms with Crippen LogP contribution in [0.25, 0.3) is 0 Å². The van der Waals surface area contributed by atoms with Crippen molar-refractivity contribution in [2.45, 2.75) is 33.3 Å². The highest BCUT2D eigenvalue weighted by Gasteiger charge is 2.17. The Balaban J connectivity index is 1.82. The number of ketones is 1. The van der Waals surface area contributed by atoms with Crippen molar-refractivity contribution in [3.63, 3.8) is 0 Å². The summed E-state index contributed by atoms with van der Waals surface area (Å²) in [5.74, 6) is 0.166. The topological polar surface area (TPSA) is 55.4 Å². The Hall–Kier alpha value is -3.40. The number of hydrogen-bond acceptors (Lipinski definition) is 3. The van der Waals surface area contributed by atoms with Crippen molar-refractivity contribution in [2.24, 2.45) is 0 Å². The minimum Gasteiger partial charge on any atom is -0.490 e. The van der Waals surface area contributed by atoms with E-state index in [-0.39, 0.29) is 24.2 Å². The Labute approximate surface area is 171 Å². The Morgan fingerprint density at radius 1 is 0.897 bits per heavy atom. The van der Waals surface area contributed by atoms with E-state index in [0.717, 1.165) is 11.1 Å². The van der Waals surface area contributed by atoms with Gasteiger partial charge in [-0.05, 0) is 50.6 Å². The number of rotatable bonds is 7. The number of Topliss-reactive ketones (excluding diaryl/α,β-unsaturated/α-hetero) is 1. The first-order chi connectivity index (χ1) is 13.9. The molecule has 0 atom stereocenters. The van der Waals surface area contributed by atoms with Crippen LogP contribution in [-0.2, 0) is 6.42 Å². The molecule has 148 valence electrons. The lowest BCUT2D eigenvalue weighted by Gasteiger charge is -2.15. The third-order valence-electron chi connectivity index (χ3n) is 4.42. The van der Waals surface area contributed by atoms with Gasteiger partial charge in [0.05, 0.1) is 17.4 Å². The Kier molecular flexibility index (Phi) is 6.45. The van der Waals surface area contributed by atoms with Gasteiger partial charge in [0.25, 0.3) is 5.91 Å². The number of carbonyl (C=O) groups excluding carboxylic acids is 2. The van der Waals surface area contributed by atoms with E-state index in [1.807, 2.05) is 51.1 Å². The van der Waals surface area contributed by atoms with Gasteiger partial charge in [-0.3, -0.25) is 9.59 Å². The third kappa shape index (κ3) is 5.32. The van der Waals surface area contributed by atoms with Crippen molar-refractivity contribution in [2.75, 3.05) is 5.32 Å². The fourth-order valence-corrected chi connectivity index (χ4v) is 3.14. The molecule has 29 heavy (non-hydrogen) atoms. The van der Waals surface area contributed by atoms with Gasteiger partial charge in [-0.1, -0.05) is 54.1 Å². The summed E-state index contributed by atoms with van der Waals surface area (Å²) in [6.45, 7) is 5.82. The van der Waals surface area contributed by atoms with Crippen LogP contribution >= 0.6 is 0 Å². The summed E-state index contributed by atoms with van der Waals surface area (Å²) in [4.78, 5) is 25.8. The minimum absolute atomic E-state index is 0.0433. The maximum Gasteiger partial charge on any atom is 0.259 e. The van der Waals surface area contributed by atoms with Crippen LogP contribution in [-0.4, -0.2) is 17.8 Å². The van der Waals surface area contributed by atoms with E-state index in [2.05, 4.69) is 5.32 Å². The first-order valence-corrected chi connectivity index (χ1v) is 9.69. The van der Waals surface area contributed by atoms with E-state index < -0.39 is 0 Å². The predicted octanol–water partition coefficient (Wildman–Crippen LogP) is 5.46. The molecule has 0 aliphatic carbocycles. The smallest absolute Gasteiger partial charge is 0.259 e. The van der Waals surface area contributed by atoms with Gasteiger partial charge in [-0.2, -0.15) is 0 Å². The second-order valence-corrected chi connectivity index (χ2v) is 7.25. The average Bonchev–Trinajstić information content (AvgIpc) is 2.68. The fraction of sp³-hybridized carbons (Fsp3) is 0.200. The number of carbonyl (C=O) groups is 2. The zero-order valence-corrected chi connectivity index (χ0v) is 16.9. The molecule has 0 aromatic heterocycles. The summed E-state index contributed by atoms with van der Waals surface area (Å²) in [6.07, 6.45) is 0.230. The number of anilines is 1. The molecule has 3 aromatic carbocycles. The van der Waals surface area contributed by atoms with Gasteiger partial charge in [0.15, 0.2) is 5.78 Å². The standard InChI is InChI=1S/C25H25NO3/c1-17(2)29-24-14-7-5-12-21(24)25(28)26-22-13-6-4-11-20(22)23(27)16-19-10-8-9-18(3)15-19/h4-15,17H,16H2,1-3H3,(H,26,28). The van der Waals surface area contributed by atoms with E-state index in [4.69, 9.17) is 4.74 Å². The normalized spacial score (nSPS) is 10.6. The van der Waals surface area contributed by atoms with Gasteiger partial charge < -0.3 is 10.1 Å². The molecule has 0 saturated carbocycles. The van der Waals surface area contributed by atoms with Crippen molar-refractivity contribution in [1.29, 1.82) is 0 Å². The molecular formula is C25H25NO3. The van der Waals surface area contributed by atoms with E-state index in [9.17, 15) is 9.59 Å². The maximum atomic E-state index is 12.9. The van der Waals surface area contributed by atoms with Crippen molar-refractivity contribution in [1.82, 2.24) is 0 Å². The highest BCUT2D eigenvalue weighted by Crippen LogP contribution is 2.23. The van der Waals surface area contributed by atoms with Crippen molar-refractivity contribution < 1.29 is 14.3 Å². The molecule has 1 amide bonds. The van der Waals surface area contributed by atoms with Crippen molar-refractivity contribution >= 4 is 17.4 Å². The average molecular weight is 387 g/mol. The molecule has 4 nitrogen and oxygen atoms in total. The van der Waals surface area contributed by atoms with Crippen LogP contribution in [0, 0.1) is 6.92 Å².